The monoisotopic (exact) mass is 335 g/mol. The van der Waals surface area contributed by atoms with Crippen molar-refractivity contribution >= 4 is 17.5 Å². The standard InChI is InChI=1S/C19H23ClFNO/c1-11(22-18(23)17-15(20)3-2-4-16(17)21)19-8-12-5-13(9-19)7-14(6-12)10-19/h2-4,11-14H,5-10H2,1H3,(H,22,23)/t11-,12?,13?,14?,19?/m1/s1. The van der Waals surface area contributed by atoms with Gasteiger partial charge >= 0.3 is 0 Å². The van der Waals surface area contributed by atoms with E-state index in [0.717, 1.165) is 17.8 Å². The van der Waals surface area contributed by atoms with Gasteiger partial charge in [-0.1, -0.05) is 17.7 Å². The molecular weight excluding hydrogens is 313 g/mol. The molecule has 0 aromatic heterocycles. The molecule has 1 atom stereocenters. The average Bonchev–Trinajstić information content (AvgIpc) is 2.45. The molecule has 4 bridgehead atoms. The molecule has 0 radical (unpaired) electrons. The lowest BCUT2D eigenvalue weighted by molar-refractivity contribution is -0.0688. The summed E-state index contributed by atoms with van der Waals surface area (Å²) in [5, 5.41) is 3.25. The molecule has 4 fully saturated rings. The Morgan fingerprint density at radius 1 is 1.22 bits per heavy atom. The van der Waals surface area contributed by atoms with Gasteiger partial charge in [-0.25, -0.2) is 4.39 Å². The molecule has 0 aliphatic heterocycles. The van der Waals surface area contributed by atoms with Crippen molar-refractivity contribution in [3.8, 4) is 0 Å². The molecule has 4 heteroatoms. The van der Waals surface area contributed by atoms with Crippen molar-refractivity contribution in [2.45, 2.75) is 51.5 Å². The van der Waals surface area contributed by atoms with Crippen LogP contribution in [0.1, 0.15) is 55.8 Å². The second kappa shape index (κ2) is 5.47. The number of benzene rings is 1. The summed E-state index contributed by atoms with van der Waals surface area (Å²) >= 11 is 6.03. The minimum atomic E-state index is -0.548. The summed E-state index contributed by atoms with van der Waals surface area (Å²) < 4.78 is 14.0. The number of hydrogen-bond acceptors (Lipinski definition) is 1. The minimum Gasteiger partial charge on any atom is -0.349 e. The SMILES string of the molecule is C[C@@H](NC(=O)c1c(F)cccc1Cl)C12CC3CC(CC(C3)C1)C2. The van der Waals surface area contributed by atoms with Crippen molar-refractivity contribution in [2.75, 3.05) is 0 Å². The van der Waals surface area contributed by atoms with Gasteiger partial charge in [-0.2, -0.15) is 0 Å². The molecule has 2 nitrogen and oxygen atoms in total. The Morgan fingerprint density at radius 3 is 2.30 bits per heavy atom. The van der Waals surface area contributed by atoms with Crippen LogP contribution in [-0.2, 0) is 0 Å². The molecule has 0 heterocycles. The van der Waals surface area contributed by atoms with E-state index < -0.39 is 5.82 Å². The highest BCUT2D eigenvalue weighted by molar-refractivity contribution is 6.33. The highest BCUT2D eigenvalue weighted by atomic mass is 35.5. The first-order chi connectivity index (χ1) is 11.0. The van der Waals surface area contributed by atoms with E-state index in [1.165, 1.54) is 50.7 Å². The summed E-state index contributed by atoms with van der Waals surface area (Å²) in [5.74, 6) is 1.57. The van der Waals surface area contributed by atoms with Crippen molar-refractivity contribution in [1.82, 2.24) is 5.32 Å². The maximum atomic E-state index is 14.0. The summed E-state index contributed by atoms with van der Waals surface area (Å²) in [5.41, 5.74) is 0.188. The lowest BCUT2D eigenvalue weighted by atomic mass is 9.48. The van der Waals surface area contributed by atoms with E-state index in [4.69, 9.17) is 11.6 Å². The van der Waals surface area contributed by atoms with Crippen molar-refractivity contribution < 1.29 is 9.18 Å². The maximum absolute atomic E-state index is 14.0. The second-order valence-electron chi connectivity index (χ2n) is 8.07. The first-order valence-corrected chi connectivity index (χ1v) is 9.09. The Kier molecular flexibility index (Phi) is 3.67. The van der Waals surface area contributed by atoms with Crippen LogP contribution in [-0.4, -0.2) is 11.9 Å². The summed E-state index contributed by atoms with van der Waals surface area (Å²) in [7, 11) is 0. The quantitative estimate of drug-likeness (QED) is 0.843. The van der Waals surface area contributed by atoms with Gasteiger partial charge in [0.1, 0.15) is 5.82 Å². The first kappa shape index (κ1) is 15.4. The van der Waals surface area contributed by atoms with E-state index in [-0.39, 0.29) is 28.0 Å². The Bertz CT molecular complexity index is 589. The zero-order valence-electron chi connectivity index (χ0n) is 13.4. The van der Waals surface area contributed by atoms with E-state index in [1.807, 2.05) is 0 Å². The molecule has 1 N–H and O–H groups in total. The van der Waals surface area contributed by atoms with E-state index >= 15 is 0 Å². The predicted molar refractivity (Wildman–Crippen MR) is 88.9 cm³/mol. The van der Waals surface area contributed by atoms with Gasteiger partial charge in [-0.05, 0) is 80.8 Å². The fourth-order valence-electron chi connectivity index (χ4n) is 5.84. The van der Waals surface area contributed by atoms with Crippen LogP contribution in [0.25, 0.3) is 0 Å². The number of carbonyl (C=O) groups is 1. The molecule has 0 unspecified atom stereocenters. The number of carbonyl (C=O) groups excluding carboxylic acids is 1. The van der Waals surface area contributed by atoms with Gasteiger partial charge in [0.2, 0.25) is 0 Å². The van der Waals surface area contributed by atoms with Gasteiger partial charge in [-0.3, -0.25) is 4.79 Å². The number of rotatable bonds is 3. The largest absolute Gasteiger partial charge is 0.349 e. The predicted octanol–water partition coefficient (Wildman–Crippen LogP) is 4.81. The topological polar surface area (TPSA) is 29.1 Å². The highest BCUT2D eigenvalue weighted by Gasteiger charge is 2.53. The molecule has 4 aliphatic rings. The summed E-state index contributed by atoms with van der Waals surface area (Å²) in [4.78, 5) is 12.6. The van der Waals surface area contributed by atoms with Crippen molar-refractivity contribution in [1.29, 1.82) is 0 Å². The van der Waals surface area contributed by atoms with Gasteiger partial charge in [0.25, 0.3) is 5.91 Å². The Balaban J connectivity index is 1.54. The molecule has 1 amide bonds. The van der Waals surface area contributed by atoms with Crippen LogP contribution >= 0.6 is 11.6 Å². The maximum Gasteiger partial charge on any atom is 0.256 e. The Labute approximate surface area is 141 Å². The van der Waals surface area contributed by atoms with Crippen LogP contribution in [0.2, 0.25) is 5.02 Å². The van der Waals surface area contributed by atoms with Crippen molar-refractivity contribution in [3.05, 3.63) is 34.6 Å². The number of halogens is 2. The van der Waals surface area contributed by atoms with Gasteiger partial charge in [-0.15, -0.1) is 0 Å². The van der Waals surface area contributed by atoms with Crippen molar-refractivity contribution in [2.24, 2.45) is 23.2 Å². The molecule has 124 valence electrons. The van der Waals surface area contributed by atoms with Crippen LogP contribution in [0, 0.1) is 29.0 Å². The molecule has 5 rings (SSSR count). The first-order valence-electron chi connectivity index (χ1n) is 8.72. The molecule has 23 heavy (non-hydrogen) atoms. The van der Waals surface area contributed by atoms with Crippen LogP contribution in [0.15, 0.2) is 18.2 Å². The van der Waals surface area contributed by atoms with Gasteiger partial charge < -0.3 is 5.32 Å². The molecule has 1 aromatic carbocycles. The fourth-order valence-corrected chi connectivity index (χ4v) is 6.09. The molecule has 0 saturated heterocycles. The highest BCUT2D eigenvalue weighted by Crippen LogP contribution is 2.61. The van der Waals surface area contributed by atoms with E-state index in [2.05, 4.69) is 12.2 Å². The van der Waals surface area contributed by atoms with Crippen LogP contribution < -0.4 is 5.32 Å². The van der Waals surface area contributed by atoms with Gasteiger partial charge in [0.05, 0.1) is 10.6 Å². The molecule has 4 saturated carbocycles. The van der Waals surface area contributed by atoms with Crippen LogP contribution in [0.5, 0.6) is 0 Å². The normalized spacial score (nSPS) is 36.0. The molecule has 0 spiro atoms. The third-order valence-corrected chi connectivity index (χ3v) is 6.86. The summed E-state index contributed by atoms with van der Waals surface area (Å²) in [6.07, 6.45) is 7.76. The lowest BCUT2D eigenvalue weighted by Crippen LogP contribution is -2.55. The molecule has 1 aromatic rings. The number of amides is 1. The summed E-state index contributed by atoms with van der Waals surface area (Å²) in [6, 6.07) is 4.45. The zero-order valence-corrected chi connectivity index (χ0v) is 14.2. The molecule has 4 aliphatic carbocycles. The van der Waals surface area contributed by atoms with E-state index in [0.29, 0.717) is 0 Å². The van der Waals surface area contributed by atoms with E-state index in [9.17, 15) is 9.18 Å². The zero-order chi connectivity index (χ0) is 16.2. The Hall–Kier alpha value is -1.09. The van der Waals surface area contributed by atoms with Crippen LogP contribution in [0.3, 0.4) is 0 Å². The number of hydrogen-bond donors (Lipinski definition) is 1. The average molecular weight is 336 g/mol. The fraction of sp³-hybridized carbons (Fsp3) is 0.632. The van der Waals surface area contributed by atoms with E-state index in [1.54, 1.807) is 6.07 Å². The lowest BCUT2D eigenvalue weighted by Gasteiger charge is -2.59. The second-order valence-corrected chi connectivity index (χ2v) is 8.48. The smallest absolute Gasteiger partial charge is 0.256 e. The number of nitrogens with one attached hydrogen (secondary N) is 1. The Morgan fingerprint density at radius 2 is 1.78 bits per heavy atom. The van der Waals surface area contributed by atoms with Crippen LogP contribution in [0.4, 0.5) is 4.39 Å². The minimum absolute atomic E-state index is 0.0225. The van der Waals surface area contributed by atoms with Gasteiger partial charge in [0.15, 0.2) is 0 Å². The summed E-state index contributed by atoms with van der Waals surface area (Å²) in [6.45, 7) is 2.10. The molecular formula is C19H23ClFNO. The van der Waals surface area contributed by atoms with Gasteiger partial charge in [0, 0.05) is 6.04 Å². The third kappa shape index (κ3) is 2.57. The van der Waals surface area contributed by atoms with Crippen molar-refractivity contribution in [3.63, 3.8) is 0 Å². The third-order valence-electron chi connectivity index (χ3n) is 6.54.